The number of allylic oxidation sites excluding steroid dienone is 8. The lowest BCUT2D eigenvalue weighted by Crippen LogP contribution is -2.22. The average molecular weight is 458 g/mol. The lowest BCUT2D eigenvalue weighted by atomic mass is 10.0. The van der Waals surface area contributed by atoms with Gasteiger partial charge < -0.3 is 9.64 Å². The van der Waals surface area contributed by atoms with Crippen LogP contribution < -0.4 is 0 Å². The van der Waals surface area contributed by atoms with Gasteiger partial charge in [0.2, 0.25) is 5.91 Å². The molecule has 0 aliphatic heterocycles. The maximum absolute atomic E-state index is 11.8. The van der Waals surface area contributed by atoms with Crippen LogP contribution in [-0.2, 0) is 14.3 Å². The minimum Gasteiger partial charge on any atom is -0.463 e. The Labute approximate surface area is 203 Å². The normalized spacial score (nSPS) is 13.9. The second kappa shape index (κ2) is 18.1. The van der Waals surface area contributed by atoms with Crippen LogP contribution in [-0.4, -0.2) is 37.5 Å². The maximum atomic E-state index is 11.8. The van der Waals surface area contributed by atoms with Crippen LogP contribution in [0.2, 0.25) is 0 Å². The van der Waals surface area contributed by atoms with E-state index in [2.05, 4.69) is 39.0 Å². The predicted octanol–water partition coefficient (Wildman–Crippen LogP) is 7.49. The molecule has 0 heterocycles. The Balaban J connectivity index is 4.23. The van der Waals surface area contributed by atoms with Crippen LogP contribution in [0.1, 0.15) is 92.9 Å². The minimum absolute atomic E-state index is 0.0865. The largest absolute Gasteiger partial charge is 0.463 e. The first-order chi connectivity index (χ1) is 15.6. The van der Waals surface area contributed by atoms with Crippen molar-refractivity contribution in [3.8, 4) is 0 Å². The first-order valence-corrected chi connectivity index (χ1v) is 12.3. The summed E-state index contributed by atoms with van der Waals surface area (Å²) in [5.74, 6) is -0.159. The molecule has 0 saturated heterocycles. The molecule has 0 rings (SSSR count). The Bertz CT molecular complexity index is 764. The van der Waals surface area contributed by atoms with Gasteiger partial charge in [0.1, 0.15) is 0 Å². The molecule has 0 aromatic rings. The highest BCUT2D eigenvalue weighted by Crippen LogP contribution is 2.15. The van der Waals surface area contributed by atoms with Gasteiger partial charge in [-0.05, 0) is 92.9 Å². The van der Waals surface area contributed by atoms with Gasteiger partial charge in [0.25, 0.3) is 0 Å². The molecule has 0 aliphatic rings. The monoisotopic (exact) mass is 457 g/mol. The highest BCUT2D eigenvalue weighted by molar-refractivity contribution is 5.92. The number of nitrogens with zero attached hydrogens (tertiary/aromatic N) is 1. The summed E-state index contributed by atoms with van der Waals surface area (Å²) in [6.45, 7) is 12.7. The van der Waals surface area contributed by atoms with E-state index in [9.17, 15) is 9.59 Å². The third-order valence-electron chi connectivity index (χ3n) is 5.48. The zero-order chi connectivity index (χ0) is 25.2. The Hall–Kier alpha value is -2.36. The molecule has 4 heteroatoms. The van der Waals surface area contributed by atoms with E-state index < -0.39 is 0 Å². The zero-order valence-electron chi connectivity index (χ0n) is 22.4. The van der Waals surface area contributed by atoms with Crippen LogP contribution >= 0.6 is 0 Å². The molecule has 4 nitrogen and oxygen atoms in total. The van der Waals surface area contributed by atoms with Gasteiger partial charge in [-0.25, -0.2) is 4.79 Å². The Morgan fingerprint density at radius 2 is 1.06 bits per heavy atom. The van der Waals surface area contributed by atoms with Crippen LogP contribution in [0.3, 0.4) is 0 Å². The summed E-state index contributed by atoms with van der Waals surface area (Å²) in [7, 11) is 3.57. The van der Waals surface area contributed by atoms with Gasteiger partial charge in [0, 0.05) is 25.7 Å². The van der Waals surface area contributed by atoms with E-state index in [0.29, 0.717) is 6.61 Å². The molecule has 1 amide bonds. The Morgan fingerprint density at radius 1 is 0.667 bits per heavy atom. The first-order valence-electron chi connectivity index (χ1n) is 12.3. The van der Waals surface area contributed by atoms with Crippen molar-refractivity contribution in [1.29, 1.82) is 0 Å². The number of ether oxygens (including phenoxy) is 1. The van der Waals surface area contributed by atoms with Crippen molar-refractivity contribution in [2.75, 3.05) is 20.7 Å². The van der Waals surface area contributed by atoms with E-state index >= 15 is 0 Å². The summed E-state index contributed by atoms with van der Waals surface area (Å²) in [5, 5.41) is 0. The number of amides is 1. The van der Waals surface area contributed by atoms with E-state index in [1.54, 1.807) is 25.1 Å². The molecule has 0 aliphatic carbocycles. The summed E-state index contributed by atoms with van der Waals surface area (Å²) in [6.07, 6.45) is 18.6. The van der Waals surface area contributed by atoms with Crippen molar-refractivity contribution >= 4 is 11.9 Å². The molecule has 0 radical (unpaired) electrons. The molecule has 186 valence electrons. The summed E-state index contributed by atoms with van der Waals surface area (Å²) < 4.78 is 4.94. The number of carbonyl (C=O) groups is 2. The smallest absolute Gasteiger partial charge is 0.330 e. The molecule has 0 fully saturated rings. The van der Waals surface area contributed by atoms with Crippen molar-refractivity contribution in [2.24, 2.45) is 0 Å². The van der Waals surface area contributed by atoms with E-state index in [1.807, 2.05) is 26.8 Å². The van der Waals surface area contributed by atoms with Crippen LogP contribution in [0.15, 0.2) is 58.2 Å². The van der Waals surface area contributed by atoms with Crippen LogP contribution in [0.5, 0.6) is 0 Å². The fourth-order valence-corrected chi connectivity index (χ4v) is 3.36. The number of hydrogen-bond acceptors (Lipinski definition) is 3. The predicted molar refractivity (Wildman–Crippen MR) is 141 cm³/mol. The fraction of sp³-hybridized carbons (Fsp3) is 0.586. The summed E-state index contributed by atoms with van der Waals surface area (Å²) in [5.41, 5.74) is 6.10. The van der Waals surface area contributed by atoms with Gasteiger partial charge in [-0.15, -0.1) is 0 Å². The molecule has 33 heavy (non-hydrogen) atoms. The molecular formula is C29H47NO3. The maximum Gasteiger partial charge on any atom is 0.330 e. The van der Waals surface area contributed by atoms with Crippen molar-refractivity contribution in [3.63, 3.8) is 0 Å². The summed E-state index contributed by atoms with van der Waals surface area (Å²) >= 11 is 0. The molecule has 0 atom stereocenters. The molecule has 0 N–H and O–H groups in total. The fourth-order valence-electron chi connectivity index (χ4n) is 3.36. The Kier molecular flexibility index (Phi) is 16.8. The van der Waals surface area contributed by atoms with E-state index in [1.165, 1.54) is 16.7 Å². The summed E-state index contributed by atoms with van der Waals surface area (Å²) in [4.78, 5) is 24.9. The molecule has 0 unspecified atom stereocenters. The molecule has 0 saturated carbocycles. The first kappa shape index (κ1) is 30.6. The molecule has 0 bridgehead atoms. The summed E-state index contributed by atoms with van der Waals surface area (Å²) in [6, 6.07) is 0. The quantitative estimate of drug-likeness (QED) is 0.145. The highest BCUT2D eigenvalue weighted by Gasteiger charge is 2.05. The molecule has 0 aromatic carbocycles. The van der Waals surface area contributed by atoms with Gasteiger partial charge in [0.05, 0.1) is 6.61 Å². The van der Waals surface area contributed by atoms with Crippen molar-refractivity contribution < 1.29 is 14.3 Å². The minimum atomic E-state index is -0.246. The number of esters is 1. The standard InChI is InChI=1S/C29H47NO3/c1-9-33-28(31)22-26(5)20-12-18-24(3)16-10-14-23(2)15-11-17-25(4)19-13-21-27(6)29(32)30(7)8/h14,17-18,21-22H,9-13,15-16,19-20H2,1-8H3. The average Bonchev–Trinajstić information content (AvgIpc) is 2.73. The second-order valence-corrected chi connectivity index (χ2v) is 9.14. The second-order valence-electron chi connectivity index (χ2n) is 9.14. The van der Waals surface area contributed by atoms with E-state index in [4.69, 9.17) is 4.74 Å². The van der Waals surface area contributed by atoms with Gasteiger partial charge >= 0.3 is 5.97 Å². The number of rotatable bonds is 15. The third-order valence-corrected chi connectivity index (χ3v) is 5.48. The highest BCUT2D eigenvalue weighted by atomic mass is 16.5. The van der Waals surface area contributed by atoms with E-state index in [0.717, 1.165) is 62.5 Å². The van der Waals surface area contributed by atoms with E-state index in [-0.39, 0.29) is 11.9 Å². The topological polar surface area (TPSA) is 46.6 Å². The lowest BCUT2D eigenvalue weighted by Gasteiger charge is -2.10. The third kappa shape index (κ3) is 16.9. The van der Waals surface area contributed by atoms with Crippen LogP contribution in [0, 0.1) is 0 Å². The number of hydrogen-bond donors (Lipinski definition) is 0. The van der Waals surface area contributed by atoms with Crippen molar-refractivity contribution in [2.45, 2.75) is 92.9 Å². The van der Waals surface area contributed by atoms with Gasteiger partial charge in [-0.3, -0.25) is 4.79 Å². The van der Waals surface area contributed by atoms with Gasteiger partial charge in [0.15, 0.2) is 0 Å². The number of carbonyl (C=O) groups excluding carboxylic acids is 2. The lowest BCUT2D eigenvalue weighted by molar-refractivity contribution is -0.137. The van der Waals surface area contributed by atoms with Crippen molar-refractivity contribution in [1.82, 2.24) is 4.90 Å². The van der Waals surface area contributed by atoms with Gasteiger partial charge in [-0.2, -0.15) is 0 Å². The van der Waals surface area contributed by atoms with Crippen molar-refractivity contribution in [3.05, 3.63) is 58.2 Å². The van der Waals surface area contributed by atoms with Crippen LogP contribution in [0.4, 0.5) is 0 Å². The zero-order valence-corrected chi connectivity index (χ0v) is 22.4. The Morgan fingerprint density at radius 3 is 1.45 bits per heavy atom. The van der Waals surface area contributed by atoms with Gasteiger partial charge in [-0.1, -0.05) is 46.6 Å². The SMILES string of the molecule is CCOC(=O)C=C(C)CCC=C(C)CCC=C(C)CCC=C(C)CCC=C(C)C(=O)N(C)C. The number of likely N-dealkylation sites (N-methyl/N-ethyl adjacent to an activating group) is 1. The van der Waals surface area contributed by atoms with Crippen LogP contribution in [0.25, 0.3) is 0 Å². The molecule has 0 spiro atoms. The molecular weight excluding hydrogens is 410 g/mol. The molecule has 0 aromatic heterocycles.